The van der Waals surface area contributed by atoms with Crippen molar-refractivity contribution < 1.29 is 18.4 Å². The van der Waals surface area contributed by atoms with Crippen molar-refractivity contribution in [2.75, 3.05) is 5.32 Å². The van der Waals surface area contributed by atoms with Gasteiger partial charge in [0.05, 0.1) is 11.7 Å². The number of rotatable bonds is 3. The third-order valence-electron chi connectivity index (χ3n) is 4.60. The fourth-order valence-electron chi connectivity index (χ4n) is 3.14. The number of fused-ring (bicyclic) bond motifs is 1. The zero-order valence-corrected chi connectivity index (χ0v) is 14.4. The summed E-state index contributed by atoms with van der Waals surface area (Å²) in [6, 6.07) is 8.34. The van der Waals surface area contributed by atoms with Gasteiger partial charge in [0.25, 0.3) is 0 Å². The number of halogens is 2. The third kappa shape index (κ3) is 4.07. The number of carbonyl (C=O) groups excluding carboxylic acids is 2. The van der Waals surface area contributed by atoms with Crippen LogP contribution in [0, 0.1) is 11.6 Å². The molecule has 2 aromatic carbocycles. The molecule has 2 aromatic rings. The van der Waals surface area contributed by atoms with E-state index in [2.05, 4.69) is 22.8 Å². The van der Waals surface area contributed by atoms with Gasteiger partial charge in [-0.25, -0.2) is 8.78 Å². The molecule has 0 spiro atoms. The summed E-state index contributed by atoms with van der Waals surface area (Å²) in [6.07, 6.45) is 4.43. The van der Waals surface area contributed by atoms with E-state index in [1.54, 1.807) is 6.92 Å². The Bertz CT molecular complexity index is 852. The Morgan fingerprint density at radius 1 is 0.962 bits per heavy atom. The molecule has 0 aliphatic heterocycles. The molecule has 2 N–H and O–H groups in total. The molecule has 0 fully saturated rings. The van der Waals surface area contributed by atoms with Gasteiger partial charge in [0.1, 0.15) is 11.6 Å². The van der Waals surface area contributed by atoms with Gasteiger partial charge in [-0.15, -0.1) is 0 Å². The van der Waals surface area contributed by atoms with Crippen LogP contribution in [0.1, 0.15) is 42.5 Å². The number of anilines is 1. The van der Waals surface area contributed by atoms with Gasteiger partial charge in [-0.05, 0) is 61.4 Å². The third-order valence-corrected chi connectivity index (χ3v) is 4.60. The van der Waals surface area contributed by atoms with E-state index in [4.69, 9.17) is 0 Å². The Hall–Kier alpha value is -2.76. The Morgan fingerprint density at radius 2 is 1.69 bits per heavy atom. The van der Waals surface area contributed by atoms with Gasteiger partial charge in [0.2, 0.25) is 0 Å². The van der Waals surface area contributed by atoms with Crippen LogP contribution in [-0.2, 0) is 22.4 Å². The van der Waals surface area contributed by atoms with Gasteiger partial charge in [-0.2, -0.15) is 0 Å². The van der Waals surface area contributed by atoms with Crippen molar-refractivity contribution in [2.24, 2.45) is 0 Å². The second-order valence-corrected chi connectivity index (χ2v) is 6.51. The first kappa shape index (κ1) is 18.0. The van der Waals surface area contributed by atoms with E-state index in [1.807, 2.05) is 6.07 Å². The summed E-state index contributed by atoms with van der Waals surface area (Å²) in [6.45, 7) is 1.78. The SMILES string of the molecule is CC(NC(=O)C(=O)Nc1cc(F)ccc1F)c1ccc2c(c1)CCCC2. The minimum absolute atomic E-state index is 0.369. The van der Waals surface area contributed by atoms with Crippen LogP contribution in [0.5, 0.6) is 0 Å². The van der Waals surface area contributed by atoms with E-state index in [0.29, 0.717) is 0 Å². The lowest BCUT2D eigenvalue weighted by Crippen LogP contribution is -2.37. The largest absolute Gasteiger partial charge is 0.341 e. The molecule has 1 aliphatic rings. The normalized spacial score (nSPS) is 14.3. The molecule has 0 saturated heterocycles. The van der Waals surface area contributed by atoms with Gasteiger partial charge in [-0.3, -0.25) is 9.59 Å². The number of amides is 2. The predicted molar refractivity (Wildman–Crippen MR) is 94.6 cm³/mol. The first-order chi connectivity index (χ1) is 12.4. The van der Waals surface area contributed by atoms with Gasteiger partial charge in [-0.1, -0.05) is 18.2 Å². The van der Waals surface area contributed by atoms with Gasteiger partial charge >= 0.3 is 11.8 Å². The second-order valence-electron chi connectivity index (χ2n) is 6.51. The molecular weight excluding hydrogens is 338 g/mol. The molecule has 1 atom stereocenters. The summed E-state index contributed by atoms with van der Waals surface area (Å²) in [4.78, 5) is 24.0. The Labute approximate surface area is 150 Å². The van der Waals surface area contributed by atoms with Crippen molar-refractivity contribution in [1.82, 2.24) is 5.32 Å². The average molecular weight is 358 g/mol. The number of hydrogen-bond donors (Lipinski definition) is 2. The summed E-state index contributed by atoms with van der Waals surface area (Å²) in [5.41, 5.74) is 3.15. The lowest BCUT2D eigenvalue weighted by molar-refractivity contribution is -0.136. The van der Waals surface area contributed by atoms with Crippen molar-refractivity contribution in [3.05, 3.63) is 64.7 Å². The van der Waals surface area contributed by atoms with Crippen LogP contribution in [0.15, 0.2) is 36.4 Å². The van der Waals surface area contributed by atoms with E-state index >= 15 is 0 Å². The molecule has 136 valence electrons. The van der Waals surface area contributed by atoms with Crippen LogP contribution in [0.3, 0.4) is 0 Å². The lowest BCUT2D eigenvalue weighted by atomic mass is 9.89. The molecule has 0 bridgehead atoms. The summed E-state index contributed by atoms with van der Waals surface area (Å²) >= 11 is 0. The standard InChI is InChI=1S/C20H20F2N2O2/c1-12(14-7-6-13-4-2-3-5-15(13)10-14)23-19(25)20(26)24-18-11-16(21)8-9-17(18)22/h6-12H,2-5H2,1H3,(H,23,25)(H,24,26). The van der Waals surface area contributed by atoms with Crippen LogP contribution in [0.4, 0.5) is 14.5 Å². The molecule has 6 heteroatoms. The Morgan fingerprint density at radius 3 is 2.46 bits per heavy atom. The molecule has 3 rings (SSSR count). The molecule has 0 aromatic heterocycles. The van der Waals surface area contributed by atoms with Crippen LogP contribution in [0.2, 0.25) is 0 Å². The van der Waals surface area contributed by atoms with E-state index in [1.165, 1.54) is 17.5 Å². The van der Waals surface area contributed by atoms with Gasteiger partial charge in [0, 0.05) is 6.07 Å². The fourth-order valence-corrected chi connectivity index (χ4v) is 3.14. The van der Waals surface area contributed by atoms with E-state index in [0.717, 1.165) is 43.0 Å². The first-order valence-electron chi connectivity index (χ1n) is 8.62. The summed E-state index contributed by atoms with van der Waals surface area (Å²) in [5, 5.41) is 4.68. The molecule has 0 saturated carbocycles. The summed E-state index contributed by atoms with van der Waals surface area (Å²) in [7, 11) is 0. The number of benzene rings is 2. The topological polar surface area (TPSA) is 58.2 Å². The Balaban J connectivity index is 1.65. The van der Waals surface area contributed by atoms with E-state index < -0.39 is 23.4 Å². The average Bonchev–Trinajstić information content (AvgIpc) is 2.64. The minimum Gasteiger partial charge on any atom is -0.341 e. The van der Waals surface area contributed by atoms with Gasteiger partial charge < -0.3 is 10.6 Å². The zero-order chi connectivity index (χ0) is 18.7. The smallest absolute Gasteiger partial charge is 0.313 e. The van der Waals surface area contributed by atoms with Crippen LogP contribution >= 0.6 is 0 Å². The number of aryl methyl sites for hydroxylation is 2. The van der Waals surface area contributed by atoms with Crippen molar-refractivity contribution in [1.29, 1.82) is 0 Å². The van der Waals surface area contributed by atoms with Crippen molar-refractivity contribution in [2.45, 2.75) is 38.6 Å². The monoisotopic (exact) mass is 358 g/mol. The summed E-state index contributed by atoms with van der Waals surface area (Å²) < 4.78 is 26.7. The van der Waals surface area contributed by atoms with Crippen LogP contribution < -0.4 is 10.6 Å². The Kier molecular flexibility index (Phi) is 5.30. The highest BCUT2D eigenvalue weighted by molar-refractivity contribution is 6.39. The van der Waals surface area contributed by atoms with Crippen LogP contribution in [-0.4, -0.2) is 11.8 Å². The predicted octanol–water partition coefficient (Wildman–Crippen LogP) is 3.66. The second kappa shape index (κ2) is 7.64. The molecule has 0 heterocycles. The number of hydrogen-bond acceptors (Lipinski definition) is 2. The first-order valence-corrected chi connectivity index (χ1v) is 8.62. The van der Waals surface area contributed by atoms with Crippen molar-refractivity contribution >= 4 is 17.5 Å². The molecule has 2 amide bonds. The van der Waals surface area contributed by atoms with Crippen molar-refractivity contribution in [3.8, 4) is 0 Å². The maximum absolute atomic E-state index is 13.6. The zero-order valence-electron chi connectivity index (χ0n) is 14.4. The molecule has 1 unspecified atom stereocenters. The van der Waals surface area contributed by atoms with E-state index in [-0.39, 0.29) is 11.7 Å². The highest BCUT2D eigenvalue weighted by Crippen LogP contribution is 2.24. The maximum atomic E-state index is 13.6. The maximum Gasteiger partial charge on any atom is 0.313 e. The highest BCUT2D eigenvalue weighted by Gasteiger charge is 2.20. The molecular formula is C20H20F2N2O2. The molecule has 4 nitrogen and oxygen atoms in total. The molecule has 0 radical (unpaired) electrons. The quantitative estimate of drug-likeness (QED) is 0.823. The minimum atomic E-state index is -1.04. The van der Waals surface area contributed by atoms with Crippen LogP contribution in [0.25, 0.3) is 0 Å². The highest BCUT2D eigenvalue weighted by atomic mass is 19.1. The summed E-state index contributed by atoms with van der Waals surface area (Å²) in [5.74, 6) is -3.46. The number of nitrogens with one attached hydrogen (secondary N) is 2. The fraction of sp³-hybridized carbons (Fsp3) is 0.300. The van der Waals surface area contributed by atoms with Crippen molar-refractivity contribution in [3.63, 3.8) is 0 Å². The number of carbonyl (C=O) groups is 2. The molecule has 1 aliphatic carbocycles. The molecule has 26 heavy (non-hydrogen) atoms. The van der Waals surface area contributed by atoms with Gasteiger partial charge in [0.15, 0.2) is 0 Å². The lowest BCUT2D eigenvalue weighted by Gasteiger charge is -2.20. The van der Waals surface area contributed by atoms with E-state index in [9.17, 15) is 18.4 Å².